The summed E-state index contributed by atoms with van der Waals surface area (Å²) in [4.78, 5) is 48.4. The number of aliphatic imine (C=N–C) groups is 1. The van der Waals surface area contributed by atoms with Crippen molar-refractivity contribution in [3.05, 3.63) is 52.4 Å². The molecule has 1 fully saturated rings. The van der Waals surface area contributed by atoms with Gasteiger partial charge in [-0.05, 0) is 44.7 Å². The van der Waals surface area contributed by atoms with Gasteiger partial charge in [-0.25, -0.2) is 14.4 Å². The summed E-state index contributed by atoms with van der Waals surface area (Å²) in [5.41, 5.74) is 11.4. The number of halogens is 2. The number of thiazole rings is 1. The third-order valence-corrected chi connectivity index (χ3v) is 7.92. The Bertz CT molecular complexity index is 1600. The minimum atomic E-state index is -1.21. The van der Waals surface area contributed by atoms with Gasteiger partial charge in [-0.15, -0.1) is 11.3 Å². The lowest BCUT2D eigenvalue weighted by molar-refractivity contribution is -0.150. The van der Waals surface area contributed by atoms with Crippen LogP contribution in [0.15, 0.2) is 34.9 Å². The molecule has 1 aliphatic rings. The average molecular weight is 661 g/mol. The van der Waals surface area contributed by atoms with Crippen molar-refractivity contribution in [3.8, 4) is 11.4 Å². The maximum atomic E-state index is 14.8. The minimum absolute atomic E-state index is 0.0107. The summed E-state index contributed by atoms with van der Waals surface area (Å²) in [5, 5.41) is 9.03. The number of carbonyl (C=O) groups is 3. The molecule has 4 rings (SSSR count). The third kappa shape index (κ3) is 8.76. The van der Waals surface area contributed by atoms with Crippen LogP contribution in [0.4, 0.5) is 14.5 Å². The molecule has 5 N–H and O–H groups in total. The zero-order valence-electron chi connectivity index (χ0n) is 25.2. The van der Waals surface area contributed by atoms with Crippen LogP contribution < -0.4 is 16.8 Å². The highest BCUT2D eigenvalue weighted by atomic mass is 32.1. The second-order valence-electron chi connectivity index (χ2n) is 10.1. The average Bonchev–Trinajstić information content (AvgIpc) is 3.71. The van der Waals surface area contributed by atoms with Crippen molar-refractivity contribution in [3.63, 3.8) is 0 Å². The summed E-state index contributed by atoms with van der Waals surface area (Å²) in [6, 6.07) is 0.601. The van der Waals surface area contributed by atoms with Gasteiger partial charge >= 0.3 is 11.9 Å². The van der Waals surface area contributed by atoms with Crippen molar-refractivity contribution in [2.75, 3.05) is 25.8 Å². The molecule has 246 valence electrons. The second kappa shape index (κ2) is 16.1. The van der Waals surface area contributed by atoms with Crippen molar-refractivity contribution in [1.29, 1.82) is 0 Å². The van der Waals surface area contributed by atoms with Gasteiger partial charge in [0.05, 0.1) is 31.4 Å². The topological polar surface area (TPSA) is 199 Å². The number of nitrogens with one attached hydrogen (secondary N) is 1. The van der Waals surface area contributed by atoms with Gasteiger partial charge in [-0.1, -0.05) is 0 Å². The first-order valence-corrected chi connectivity index (χ1v) is 15.2. The lowest BCUT2D eigenvalue weighted by Crippen LogP contribution is -2.34. The zero-order valence-corrected chi connectivity index (χ0v) is 26.0. The van der Waals surface area contributed by atoms with E-state index in [2.05, 4.69) is 30.1 Å². The molecule has 46 heavy (non-hydrogen) atoms. The summed E-state index contributed by atoms with van der Waals surface area (Å²) >= 11 is 1.09. The number of esters is 2. The number of hydrogen-bond donors (Lipinski definition) is 3. The van der Waals surface area contributed by atoms with Gasteiger partial charge in [-0.2, -0.15) is 9.49 Å². The van der Waals surface area contributed by atoms with E-state index < -0.39 is 42.4 Å². The van der Waals surface area contributed by atoms with Gasteiger partial charge in [0.25, 0.3) is 5.91 Å². The van der Waals surface area contributed by atoms with E-state index in [1.807, 2.05) is 6.92 Å². The predicted octanol–water partition coefficient (Wildman–Crippen LogP) is 3.21. The van der Waals surface area contributed by atoms with Gasteiger partial charge in [0.2, 0.25) is 5.95 Å². The molecule has 1 amide bonds. The molecule has 1 atom stereocenters. The van der Waals surface area contributed by atoms with Crippen LogP contribution >= 0.6 is 11.3 Å². The molecule has 1 saturated carbocycles. The van der Waals surface area contributed by atoms with Crippen LogP contribution in [0.5, 0.6) is 0 Å². The molecule has 0 bridgehead atoms. The summed E-state index contributed by atoms with van der Waals surface area (Å²) in [5.74, 6) is -3.84. The SMILES string of the molecule is CCOC1CCC(n2cc(NC(=O)c3csc(C(/C=N/COC(=O)[C@H](N)CC(=O)OC)=C/N)n3)c(-c3nc(F)ccc3F)n2)CC1. The van der Waals surface area contributed by atoms with Gasteiger partial charge in [0, 0.05) is 36.2 Å². The molecule has 14 nitrogen and oxygen atoms in total. The van der Waals surface area contributed by atoms with Crippen LogP contribution in [0, 0.1) is 11.8 Å². The van der Waals surface area contributed by atoms with E-state index in [4.69, 9.17) is 20.9 Å². The number of nitrogens with zero attached hydrogens (tertiary/aromatic N) is 5. The van der Waals surface area contributed by atoms with E-state index in [1.165, 1.54) is 24.9 Å². The van der Waals surface area contributed by atoms with Gasteiger partial charge < -0.3 is 31.0 Å². The maximum Gasteiger partial charge on any atom is 0.325 e. The number of ether oxygens (including phenoxy) is 3. The van der Waals surface area contributed by atoms with E-state index in [0.29, 0.717) is 17.2 Å². The van der Waals surface area contributed by atoms with Crippen LogP contribution in [-0.2, 0) is 23.8 Å². The van der Waals surface area contributed by atoms with Gasteiger partial charge in [0.1, 0.15) is 28.1 Å². The highest BCUT2D eigenvalue weighted by Gasteiger charge is 2.27. The lowest BCUT2D eigenvalue weighted by atomic mass is 9.93. The smallest absolute Gasteiger partial charge is 0.325 e. The van der Waals surface area contributed by atoms with E-state index >= 15 is 0 Å². The second-order valence-corrected chi connectivity index (χ2v) is 11.0. The maximum absolute atomic E-state index is 14.8. The number of amides is 1. The van der Waals surface area contributed by atoms with Gasteiger partial charge in [-0.3, -0.25) is 24.1 Å². The molecule has 3 aromatic heterocycles. The largest absolute Gasteiger partial charge is 0.469 e. The number of hydrogen-bond acceptors (Lipinski definition) is 13. The quantitative estimate of drug-likeness (QED) is 0.138. The summed E-state index contributed by atoms with van der Waals surface area (Å²) in [6.07, 6.45) is 7.02. The van der Waals surface area contributed by atoms with E-state index in [-0.39, 0.29) is 41.3 Å². The van der Waals surface area contributed by atoms with Crippen molar-refractivity contribution < 1.29 is 37.4 Å². The number of allylic oxidation sites excluding steroid dienone is 1. The highest BCUT2D eigenvalue weighted by molar-refractivity contribution is 7.11. The van der Waals surface area contributed by atoms with Crippen molar-refractivity contribution in [2.45, 2.75) is 57.2 Å². The Balaban J connectivity index is 1.47. The minimum Gasteiger partial charge on any atom is -0.469 e. The van der Waals surface area contributed by atoms with Gasteiger partial charge in [0.15, 0.2) is 12.5 Å². The fraction of sp³-hybridized carbons (Fsp3) is 0.414. The Morgan fingerprint density at radius 3 is 2.65 bits per heavy atom. The molecular formula is C29H34F2N8O6S. The molecule has 0 spiro atoms. The third-order valence-electron chi connectivity index (χ3n) is 7.03. The molecule has 0 aliphatic heterocycles. The number of rotatable bonds is 13. The lowest BCUT2D eigenvalue weighted by Gasteiger charge is -2.28. The Kier molecular flexibility index (Phi) is 12.0. The van der Waals surface area contributed by atoms with E-state index in [1.54, 1.807) is 10.9 Å². The molecule has 0 saturated heterocycles. The Morgan fingerprint density at radius 2 is 1.96 bits per heavy atom. The zero-order chi connectivity index (χ0) is 33.2. The van der Waals surface area contributed by atoms with Crippen LogP contribution in [0.1, 0.15) is 60.6 Å². The molecule has 3 aromatic rings. The predicted molar refractivity (Wildman–Crippen MR) is 165 cm³/mol. The number of methoxy groups -OCH3 is 1. The van der Waals surface area contributed by atoms with Crippen molar-refractivity contribution >= 4 is 46.7 Å². The molecule has 0 radical (unpaired) electrons. The highest BCUT2D eigenvalue weighted by Crippen LogP contribution is 2.34. The number of pyridine rings is 1. The first-order chi connectivity index (χ1) is 22.1. The molecule has 17 heteroatoms. The monoisotopic (exact) mass is 660 g/mol. The molecular weight excluding hydrogens is 626 g/mol. The molecule has 3 heterocycles. The van der Waals surface area contributed by atoms with Crippen LogP contribution in [-0.4, -0.2) is 76.4 Å². The Labute approximate surface area is 266 Å². The Morgan fingerprint density at radius 1 is 1.20 bits per heavy atom. The molecule has 0 unspecified atom stereocenters. The van der Waals surface area contributed by atoms with Crippen LogP contribution in [0.2, 0.25) is 0 Å². The Hall–Kier alpha value is -4.61. The fourth-order valence-corrected chi connectivity index (χ4v) is 5.49. The normalized spacial score (nSPS) is 17.5. The molecule has 1 aliphatic carbocycles. The van der Waals surface area contributed by atoms with Crippen molar-refractivity contribution in [2.24, 2.45) is 16.5 Å². The van der Waals surface area contributed by atoms with E-state index in [0.717, 1.165) is 49.2 Å². The number of aromatic nitrogens is 4. The van der Waals surface area contributed by atoms with Crippen molar-refractivity contribution in [1.82, 2.24) is 19.7 Å². The van der Waals surface area contributed by atoms with E-state index in [9.17, 15) is 23.2 Å². The number of carbonyl (C=O) groups excluding carboxylic acids is 3. The first-order valence-electron chi connectivity index (χ1n) is 14.3. The standard InChI is InChI=1S/C29H34F2N8O6S/c1-3-44-18-6-4-17(5-7-18)39-13-21(26(38-39)25-19(30)8-9-23(31)37-25)35-27(41)22-14-46-28(36-22)16(11-32)12-34-15-45-29(42)20(33)10-24(40)43-2/h8-9,11-14,17-18,20H,3-7,10,15,32-33H2,1-2H3,(H,35,41)/b16-11+,34-12+/t17?,18?,20-/m1/s1. The first kappa shape index (κ1) is 34.3. The van der Waals surface area contributed by atoms with Crippen LogP contribution in [0.3, 0.4) is 0 Å². The summed E-state index contributed by atoms with van der Waals surface area (Å²) in [6.45, 7) is 2.16. The number of anilines is 1. The summed E-state index contributed by atoms with van der Waals surface area (Å²) < 4.78 is 45.6. The van der Waals surface area contributed by atoms with Crippen LogP contribution in [0.25, 0.3) is 17.0 Å². The number of nitrogens with two attached hydrogens (primary N) is 2. The fourth-order valence-electron chi connectivity index (χ4n) is 4.70. The molecule has 0 aromatic carbocycles. The summed E-state index contributed by atoms with van der Waals surface area (Å²) in [7, 11) is 1.17.